The number of nitrogens with zero attached hydrogens (tertiary/aromatic N) is 2. The lowest BCUT2D eigenvalue weighted by atomic mass is 9.95. The molecule has 1 amide bonds. The van der Waals surface area contributed by atoms with Gasteiger partial charge in [-0.1, -0.05) is 41.9 Å². The van der Waals surface area contributed by atoms with E-state index in [1.54, 1.807) is 17.0 Å². The van der Waals surface area contributed by atoms with Crippen LogP contribution in [0.4, 0.5) is 0 Å². The molecule has 3 aromatic carbocycles. The monoisotopic (exact) mass is 475 g/mol. The van der Waals surface area contributed by atoms with Crippen LogP contribution in [0.15, 0.2) is 72.8 Å². The zero-order valence-corrected chi connectivity index (χ0v) is 18.9. The zero-order chi connectivity index (χ0) is 23.7. The highest BCUT2D eigenvalue weighted by Crippen LogP contribution is 2.45. The van der Waals surface area contributed by atoms with Crippen LogP contribution in [-0.2, 0) is 0 Å². The molecule has 0 bridgehead atoms. The van der Waals surface area contributed by atoms with Crippen LogP contribution in [0, 0.1) is 0 Å². The normalized spacial score (nSPS) is 14.9. The summed E-state index contributed by atoms with van der Waals surface area (Å²) in [4.78, 5) is 15.0. The number of aromatic hydroxyl groups is 1. The summed E-state index contributed by atoms with van der Waals surface area (Å²) in [6.07, 6.45) is 0.428. The standard InChI is InChI=1S/C26H22ClN3O4/c27-17-10-11-21(32)20(15-17)23-22-24(29-28-23)26(33)30(12-5-13-31)25(22)16-6-4-9-19(14-16)34-18-7-2-1-3-8-18/h1-4,6-11,14-15,25,31-32H,5,12-13H2,(H,28,29). The number of H-pyrrole nitrogens is 1. The number of aromatic nitrogens is 2. The Morgan fingerprint density at radius 3 is 2.62 bits per heavy atom. The number of carbonyl (C=O) groups is 1. The molecule has 172 valence electrons. The van der Waals surface area contributed by atoms with E-state index in [2.05, 4.69) is 10.2 Å². The Balaban J connectivity index is 1.61. The van der Waals surface area contributed by atoms with E-state index in [1.165, 1.54) is 6.07 Å². The first kappa shape index (κ1) is 22.0. The molecule has 1 aliphatic rings. The molecule has 1 aromatic heterocycles. The number of aliphatic hydroxyl groups is 1. The Kier molecular flexibility index (Phi) is 5.96. The van der Waals surface area contributed by atoms with Crippen molar-refractivity contribution in [3.05, 3.63) is 94.6 Å². The molecular weight excluding hydrogens is 454 g/mol. The van der Waals surface area contributed by atoms with Gasteiger partial charge in [-0.2, -0.15) is 5.10 Å². The summed E-state index contributed by atoms with van der Waals surface area (Å²) < 4.78 is 6.02. The number of amides is 1. The average molecular weight is 476 g/mol. The average Bonchev–Trinajstić information content (AvgIpc) is 3.39. The fourth-order valence-corrected chi connectivity index (χ4v) is 4.46. The summed E-state index contributed by atoms with van der Waals surface area (Å²) in [5.74, 6) is 1.12. The molecule has 1 aliphatic heterocycles. The minimum atomic E-state index is -0.486. The molecule has 0 radical (unpaired) electrons. The summed E-state index contributed by atoms with van der Waals surface area (Å²) in [5, 5.41) is 27.6. The van der Waals surface area contributed by atoms with E-state index in [0.29, 0.717) is 52.0 Å². The molecule has 0 saturated heterocycles. The topological polar surface area (TPSA) is 98.7 Å². The lowest BCUT2D eigenvalue weighted by Gasteiger charge is -2.26. The molecule has 2 heterocycles. The number of phenols is 1. The van der Waals surface area contributed by atoms with Crippen LogP contribution >= 0.6 is 11.6 Å². The lowest BCUT2D eigenvalue weighted by Crippen LogP contribution is -2.31. The largest absolute Gasteiger partial charge is 0.507 e. The third-order valence-corrected chi connectivity index (χ3v) is 6.02. The lowest BCUT2D eigenvalue weighted by molar-refractivity contribution is 0.0732. The third kappa shape index (κ3) is 4.00. The summed E-state index contributed by atoms with van der Waals surface area (Å²) in [5.41, 5.74) is 2.71. The number of fused-ring (bicyclic) bond motifs is 1. The van der Waals surface area contributed by atoms with Gasteiger partial charge in [-0.25, -0.2) is 0 Å². The number of phenolic OH excluding ortho intramolecular Hbond substituents is 1. The van der Waals surface area contributed by atoms with Crippen molar-refractivity contribution in [1.82, 2.24) is 15.1 Å². The number of hydrogen-bond donors (Lipinski definition) is 3. The maximum absolute atomic E-state index is 13.3. The smallest absolute Gasteiger partial charge is 0.273 e. The molecule has 7 nitrogen and oxygen atoms in total. The van der Waals surface area contributed by atoms with Gasteiger partial charge in [0, 0.05) is 29.3 Å². The number of hydrogen-bond acceptors (Lipinski definition) is 5. The number of aliphatic hydroxyl groups excluding tert-OH is 1. The summed E-state index contributed by atoms with van der Waals surface area (Å²) >= 11 is 6.19. The molecule has 0 fully saturated rings. The highest BCUT2D eigenvalue weighted by Gasteiger charge is 2.42. The van der Waals surface area contributed by atoms with Crippen LogP contribution in [0.2, 0.25) is 5.02 Å². The molecule has 5 rings (SSSR count). The van der Waals surface area contributed by atoms with E-state index in [9.17, 15) is 15.0 Å². The predicted octanol–water partition coefficient (Wildman–Crippen LogP) is 5.16. The Bertz CT molecular complexity index is 1340. The zero-order valence-electron chi connectivity index (χ0n) is 18.1. The van der Waals surface area contributed by atoms with Crippen LogP contribution in [-0.4, -0.2) is 44.4 Å². The van der Waals surface area contributed by atoms with Gasteiger partial charge in [-0.05, 0) is 54.4 Å². The molecule has 0 aliphatic carbocycles. The highest BCUT2D eigenvalue weighted by molar-refractivity contribution is 6.31. The van der Waals surface area contributed by atoms with Gasteiger partial charge in [0.25, 0.3) is 5.91 Å². The number of ether oxygens (including phenoxy) is 1. The van der Waals surface area contributed by atoms with Crippen molar-refractivity contribution in [2.45, 2.75) is 12.5 Å². The number of benzene rings is 3. The number of halogens is 1. The van der Waals surface area contributed by atoms with Crippen LogP contribution in [0.5, 0.6) is 17.2 Å². The minimum Gasteiger partial charge on any atom is -0.507 e. The van der Waals surface area contributed by atoms with Gasteiger partial charge in [-0.15, -0.1) is 0 Å². The first-order valence-electron chi connectivity index (χ1n) is 10.9. The van der Waals surface area contributed by atoms with Crippen molar-refractivity contribution in [3.63, 3.8) is 0 Å². The fraction of sp³-hybridized carbons (Fsp3) is 0.154. The van der Waals surface area contributed by atoms with Crippen LogP contribution in [0.1, 0.15) is 34.1 Å². The molecule has 1 atom stereocenters. The summed E-state index contributed by atoms with van der Waals surface area (Å²) in [7, 11) is 0. The maximum atomic E-state index is 13.3. The second-order valence-electron chi connectivity index (χ2n) is 7.99. The first-order chi connectivity index (χ1) is 16.6. The van der Waals surface area contributed by atoms with E-state index in [4.69, 9.17) is 16.3 Å². The van der Waals surface area contributed by atoms with Crippen molar-refractivity contribution in [2.24, 2.45) is 0 Å². The summed E-state index contributed by atoms with van der Waals surface area (Å²) in [6.45, 7) is 0.315. The van der Waals surface area contributed by atoms with Crippen molar-refractivity contribution >= 4 is 17.5 Å². The molecule has 0 spiro atoms. The Morgan fingerprint density at radius 1 is 1.03 bits per heavy atom. The van der Waals surface area contributed by atoms with Gasteiger partial charge in [0.05, 0.1) is 6.04 Å². The second kappa shape index (κ2) is 9.21. The SMILES string of the molecule is O=C1c2[nH]nc(-c3cc(Cl)ccc3O)c2C(c2cccc(Oc3ccccc3)c2)N1CCCO. The van der Waals surface area contributed by atoms with Crippen LogP contribution in [0.25, 0.3) is 11.3 Å². The minimum absolute atomic E-state index is 0.0138. The maximum Gasteiger partial charge on any atom is 0.273 e. The van der Waals surface area contributed by atoms with E-state index in [0.717, 1.165) is 5.56 Å². The summed E-state index contributed by atoms with van der Waals surface area (Å²) in [6, 6.07) is 21.2. The molecule has 3 N–H and O–H groups in total. The number of nitrogens with one attached hydrogen (secondary N) is 1. The van der Waals surface area contributed by atoms with E-state index >= 15 is 0 Å². The van der Waals surface area contributed by atoms with E-state index in [-0.39, 0.29) is 18.3 Å². The first-order valence-corrected chi connectivity index (χ1v) is 11.3. The van der Waals surface area contributed by atoms with Crippen molar-refractivity contribution < 1.29 is 19.7 Å². The van der Waals surface area contributed by atoms with Gasteiger partial charge in [0.2, 0.25) is 0 Å². The number of aromatic amines is 1. The van der Waals surface area contributed by atoms with Gasteiger partial charge in [0.1, 0.15) is 28.6 Å². The van der Waals surface area contributed by atoms with E-state index in [1.807, 2.05) is 54.6 Å². The Hall–Kier alpha value is -3.81. The highest BCUT2D eigenvalue weighted by atomic mass is 35.5. The van der Waals surface area contributed by atoms with E-state index < -0.39 is 6.04 Å². The predicted molar refractivity (Wildman–Crippen MR) is 128 cm³/mol. The van der Waals surface area contributed by atoms with Gasteiger partial charge < -0.3 is 19.8 Å². The van der Waals surface area contributed by atoms with Crippen LogP contribution < -0.4 is 4.74 Å². The number of rotatable bonds is 7. The molecule has 0 saturated carbocycles. The fourth-order valence-electron chi connectivity index (χ4n) is 4.29. The molecule has 34 heavy (non-hydrogen) atoms. The van der Waals surface area contributed by atoms with Crippen LogP contribution in [0.3, 0.4) is 0 Å². The van der Waals surface area contributed by atoms with Crippen molar-refractivity contribution in [3.8, 4) is 28.5 Å². The number of carbonyl (C=O) groups excluding carboxylic acids is 1. The Labute approximate surface area is 201 Å². The van der Waals surface area contributed by atoms with Gasteiger partial charge in [0.15, 0.2) is 0 Å². The Morgan fingerprint density at radius 2 is 1.82 bits per heavy atom. The third-order valence-electron chi connectivity index (χ3n) is 5.79. The second-order valence-corrected chi connectivity index (χ2v) is 8.42. The molecule has 8 heteroatoms. The van der Waals surface area contributed by atoms with Crippen molar-refractivity contribution in [2.75, 3.05) is 13.2 Å². The quantitative estimate of drug-likeness (QED) is 0.343. The van der Waals surface area contributed by atoms with Gasteiger partial charge >= 0.3 is 0 Å². The molecular formula is C26H22ClN3O4. The van der Waals surface area contributed by atoms with Crippen molar-refractivity contribution in [1.29, 1.82) is 0 Å². The molecule has 1 unspecified atom stereocenters. The molecule has 4 aromatic rings. The van der Waals surface area contributed by atoms with Gasteiger partial charge in [-0.3, -0.25) is 9.89 Å². The number of para-hydroxylation sites is 1.